The summed E-state index contributed by atoms with van der Waals surface area (Å²) in [6.07, 6.45) is 7.28. The Bertz CT molecular complexity index is 112. The largest absolute Gasteiger partial charge is 0.327 e. The molecule has 2 N–H and O–H groups in total. The fraction of sp³-hybridized carbons (Fsp3) is 0.500. The molecule has 0 radical (unpaired) electrons. The normalized spacial score (nSPS) is 13.0. The van der Waals surface area contributed by atoms with E-state index in [1.165, 1.54) is 5.57 Å². The van der Waals surface area contributed by atoms with Crippen LogP contribution in [0, 0.1) is 0 Å². The maximum absolute atomic E-state index is 5.26. The molecule has 0 saturated carbocycles. The topological polar surface area (TPSA) is 26.0 Å². The van der Waals surface area contributed by atoms with Crippen LogP contribution in [0.4, 0.5) is 0 Å². The van der Waals surface area contributed by atoms with Crippen molar-refractivity contribution < 1.29 is 0 Å². The van der Waals surface area contributed by atoms with E-state index in [9.17, 15) is 0 Å². The molecule has 0 rings (SSSR count). The van der Waals surface area contributed by atoms with E-state index in [0.29, 0.717) is 6.54 Å². The fourth-order valence-corrected chi connectivity index (χ4v) is 0.644. The average molecular weight is 125 g/mol. The van der Waals surface area contributed by atoms with Crippen molar-refractivity contribution in [3.63, 3.8) is 0 Å². The Labute approximate surface area is 57.3 Å². The summed E-state index contributed by atoms with van der Waals surface area (Å²) in [5.74, 6) is 0. The van der Waals surface area contributed by atoms with Crippen molar-refractivity contribution in [1.82, 2.24) is 0 Å². The van der Waals surface area contributed by atoms with Crippen molar-refractivity contribution in [2.75, 3.05) is 6.54 Å². The fourth-order valence-electron chi connectivity index (χ4n) is 0.644. The smallest absolute Gasteiger partial charge is 0.0110 e. The van der Waals surface area contributed by atoms with Gasteiger partial charge in [-0.05, 0) is 13.3 Å². The van der Waals surface area contributed by atoms with E-state index in [1.807, 2.05) is 12.2 Å². The van der Waals surface area contributed by atoms with Gasteiger partial charge in [0.05, 0.1) is 0 Å². The highest BCUT2D eigenvalue weighted by Gasteiger charge is 1.75. The molecule has 0 aliphatic rings. The number of rotatable bonds is 3. The zero-order chi connectivity index (χ0) is 7.11. The second-order valence-electron chi connectivity index (χ2n) is 1.99. The molecule has 0 aromatic carbocycles. The molecule has 0 spiro atoms. The number of allylic oxidation sites excluding steroid dienone is 3. The molecule has 52 valence electrons. The predicted molar refractivity (Wildman–Crippen MR) is 42.2 cm³/mol. The monoisotopic (exact) mass is 125 g/mol. The van der Waals surface area contributed by atoms with Crippen LogP contribution in [0.3, 0.4) is 0 Å². The zero-order valence-electron chi connectivity index (χ0n) is 6.22. The highest BCUT2D eigenvalue weighted by molar-refractivity contribution is 5.15. The van der Waals surface area contributed by atoms with Crippen LogP contribution >= 0.6 is 0 Å². The van der Waals surface area contributed by atoms with Crippen LogP contribution in [0.5, 0.6) is 0 Å². The van der Waals surface area contributed by atoms with Gasteiger partial charge >= 0.3 is 0 Å². The molecule has 0 aromatic rings. The number of hydrogen-bond acceptors (Lipinski definition) is 1. The lowest BCUT2D eigenvalue weighted by Gasteiger charge is -1.87. The summed E-state index contributed by atoms with van der Waals surface area (Å²) < 4.78 is 0. The Balaban J connectivity index is 3.60. The lowest BCUT2D eigenvalue weighted by atomic mass is 10.2. The number of nitrogens with two attached hydrogens (primary N) is 1. The van der Waals surface area contributed by atoms with Crippen molar-refractivity contribution in [3.05, 3.63) is 23.8 Å². The summed E-state index contributed by atoms with van der Waals surface area (Å²) in [5, 5.41) is 0. The molecule has 0 amide bonds. The Hall–Kier alpha value is -0.560. The second kappa shape index (κ2) is 5.57. The third-order valence-electron chi connectivity index (χ3n) is 1.04. The van der Waals surface area contributed by atoms with E-state index < -0.39 is 0 Å². The van der Waals surface area contributed by atoms with Crippen molar-refractivity contribution >= 4 is 0 Å². The molecule has 0 fully saturated rings. The summed E-state index contributed by atoms with van der Waals surface area (Å²) in [4.78, 5) is 0. The minimum Gasteiger partial charge on any atom is -0.327 e. The highest BCUT2D eigenvalue weighted by atomic mass is 14.5. The van der Waals surface area contributed by atoms with E-state index in [0.717, 1.165) is 6.42 Å². The molecule has 0 atom stereocenters. The van der Waals surface area contributed by atoms with Crippen molar-refractivity contribution in [2.45, 2.75) is 20.3 Å². The molecule has 0 aliphatic heterocycles. The van der Waals surface area contributed by atoms with E-state index >= 15 is 0 Å². The van der Waals surface area contributed by atoms with Crippen molar-refractivity contribution in [1.29, 1.82) is 0 Å². The first-order valence-electron chi connectivity index (χ1n) is 3.34. The Morgan fingerprint density at radius 2 is 2.22 bits per heavy atom. The van der Waals surface area contributed by atoms with Gasteiger partial charge < -0.3 is 5.73 Å². The predicted octanol–water partition coefficient (Wildman–Crippen LogP) is 1.86. The van der Waals surface area contributed by atoms with Gasteiger partial charge in [0.2, 0.25) is 0 Å². The lowest BCUT2D eigenvalue weighted by Crippen LogP contribution is -1.92. The zero-order valence-corrected chi connectivity index (χ0v) is 6.22. The van der Waals surface area contributed by atoms with Crippen molar-refractivity contribution in [3.8, 4) is 0 Å². The van der Waals surface area contributed by atoms with Crippen LogP contribution in [-0.4, -0.2) is 6.54 Å². The quantitative estimate of drug-likeness (QED) is 0.572. The van der Waals surface area contributed by atoms with Gasteiger partial charge in [-0.3, -0.25) is 0 Å². The second-order valence-corrected chi connectivity index (χ2v) is 1.99. The first-order chi connectivity index (χ1) is 4.31. The SMILES string of the molecule is CC/C=C(C)\C=C\CN. The Kier molecular flexibility index (Phi) is 5.23. The minimum atomic E-state index is 0.634. The van der Waals surface area contributed by atoms with E-state index in [-0.39, 0.29) is 0 Å². The molecular formula is C8H15N. The lowest BCUT2D eigenvalue weighted by molar-refractivity contribution is 1.19. The maximum Gasteiger partial charge on any atom is 0.0110 e. The van der Waals surface area contributed by atoms with Crippen LogP contribution in [-0.2, 0) is 0 Å². The van der Waals surface area contributed by atoms with Gasteiger partial charge in [-0.2, -0.15) is 0 Å². The van der Waals surface area contributed by atoms with Crippen LogP contribution in [0.25, 0.3) is 0 Å². The molecule has 0 bridgehead atoms. The van der Waals surface area contributed by atoms with Crippen molar-refractivity contribution in [2.24, 2.45) is 5.73 Å². The molecule has 1 nitrogen and oxygen atoms in total. The minimum absolute atomic E-state index is 0.634. The van der Waals surface area contributed by atoms with Gasteiger partial charge in [0.15, 0.2) is 0 Å². The first-order valence-corrected chi connectivity index (χ1v) is 3.34. The molecular weight excluding hydrogens is 110 g/mol. The molecule has 1 heteroatoms. The third-order valence-corrected chi connectivity index (χ3v) is 1.04. The molecule has 0 unspecified atom stereocenters. The highest BCUT2D eigenvalue weighted by Crippen LogP contribution is 1.95. The Morgan fingerprint density at radius 3 is 2.67 bits per heavy atom. The van der Waals surface area contributed by atoms with Gasteiger partial charge in [0, 0.05) is 6.54 Å². The van der Waals surface area contributed by atoms with Gasteiger partial charge in [0.1, 0.15) is 0 Å². The van der Waals surface area contributed by atoms with E-state index in [1.54, 1.807) is 0 Å². The van der Waals surface area contributed by atoms with E-state index in [4.69, 9.17) is 5.73 Å². The average Bonchev–Trinajstić information content (AvgIpc) is 1.85. The standard InChI is InChI=1S/C8H15N/c1-3-5-8(2)6-4-7-9/h4-6H,3,7,9H2,1-2H3/b6-4+,8-5-. The number of hydrogen-bond donors (Lipinski definition) is 1. The van der Waals surface area contributed by atoms with Crippen LogP contribution in [0.15, 0.2) is 23.8 Å². The van der Waals surface area contributed by atoms with Crippen LogP contribution in [0.1, 0.15) is 20.3 Å². The summed E-state index contributed by atoms with van der Waals surface area (Å²) in [6, 6.07) is 0. The summed E-state index contributed by atoms with van der Waals surface area (Å²) in [7, 11) is 0. The van der Waals surface area contributed by atoms with Gasteiger partial charge in [0.25, 0.3) is 0 Å². The molecule has 0 saturated heterocycles. The third kappa shape index (κ3) is 5.31. The van der Waals surface area contributed by atoms with Crippen LogP contribution < -0.4 is 5.73 Å². The van der Waals surface area contributed by atoms with Gasteiger partial charge in [-0.15, -0.1) is 0 Å². The molecule has 0 aliphatic carbocycles. The first kappa shape index (κ1) is 8.44. The van der Waals surface area contributed by atoms with Gasteiger partial charge in [-0.1, -0.05) is 30.7 Å². The molecule has 9 heavy (non-hydrogen) atoms. The summed E-state index contributed by atoms with van der Waals surface area (Å²) >= 11 is 0. The summed E-state index contributed by atoms with van der Waals surface area (Å²) in [5.41, 5.74) is 6.55. The molecule has 0 aromatic heterocycles. The van der Waals surface area contributed by atoms with E-state index in [2.05, 4.69) is 19.9 Å². The van der Waals surface area contributed by atoms with Gasteiger partial charge in [-0.25, -0.2) is 0 Å². The Morgan fingerprint density at radius 1 is 1.56 bits per heavy atom. The molecule has 0 heterocycles. The van der Waals surface area contributed by atoms with Crippen LogP contribution in [0.2, 0.25) is 0 Å². The summed E-state index contributed by atoms with van der Waals surface area (Å²) in [6.45, 7) is 4.84. The maximum atomic E-state index is 5.26.